The molecular formula is C22H23N3O2S. The van der Waals surface area contributed by atoms with Crippen LogP contribution in [0.5, 0.6) is 5.75 Å². The van der Waals surface area contributed by atoms with E-state index in [0.29, 0.717) is 34.1 Å². The zero-order valence-electron chi connectivity index (χ0n) is 16.5. The smallest absolute Gasteiger partial charge is 0.260 e. The number of hydrogen-bond acceptors (Lipinski definition) is 5. The summed E-state index contributed by atoms with van der Waals surface area (Å²) in [5.74, 6) is 1.69. The van der Waals surface area contributed by atoms with Crippen molar-refractivity contribution in [2.75, 3.05) is 6.61 Å². The van der Waals surface area contributed by atoms with Crippen LogP contribution in [0.25, 0.3) is 21.9 Å². The molecule has 5 nitrogen and oxygen atoms in total. The molecule has 144 valence electrons. The maximum Gasteiger partial charge on any atom is 0.260 e. The lowest BCUT2D eigenvalue weighted by atomic mass is 10.1. The standard InChI is InChI=1S/C22H23N3O2S/c1-13(2)9-10-27-18-7-5-16(6-8-18)11-17(12-23)20-24-21(26)19-14(3)15(4)28-22(19)25-20/h5-8,11,13H,9-10H2,1-4H3,(H,24,25,26)/b17-11+. The summed E-state index contributed by atoms with van der Waals surface area (Å²) in [5.41, 5.74) is 1.89. The second kappa shape index (κ2) is 8.41. The molecule has 2 aromatic heterocycles. The summed E-state index contributed by atoms with van der Waals surface area (Å²) in [5, 5.41) is 10.2. The Kier molecular flexibility index (Phi) is 5.96. The predicted molar refractivity (Wildman–Crippen MR) is 115 cm³/mol. The first-order valence-electron chi connectivity index (χ1n) is 9.24. The van der Waals surface area contributed by atoms with E-state index in [1.807, 2.05) is 38.1 Å². The van der Waals surface area contributed by atoms with Crippen molar-refractivity contribution in [2.45, 2.75) is 34.1 Å². The molecule has 0 unspecified atom stereocenters. The normalized spacial score (nSPS) is 11.8. The van der Waals surface area contributed by atoms with Gasteiger partial charge in [0, 0.05) is 4.88 Å². The molecule has 0 atom stereocenters. The third kappa shape index (κ3) is 4.32. The number of ether oxygens (including phenoxy) is 1. The van der Waals surface area contributed by atoms with Gasteiger partial charge in [-0.3, -0.25) is 4.79 Å². The van der Waals surface area contributed by atoms with Crippen LogP contribution >= 0.6 is 11.3 Å². The molecule has 3 aromatic rings. The minimum atomic E-state index is -0.211. The summed E-state index contributed by atoms with van der Waals surface area (Å²) in [7, 11) is 0. The van der Waals surface area contributed by atoms with Gasteiger partial charge < -0.3 is 9.72 Å². The lowest BCUT2D eigenvalue weighted by Gasteiger charge is -2.08. The van der Waals surface area contributed by atoms with Crippen molar-refractivity contribution in [1.29, 1.82) is 5.26 Å². The fourth-order valence-corrected chi connectivity index (χ4v) is 3.81. The number of nitriles is 1. The zero-order chi connectivity index (χ0) is 20.3. The van der Waals surface area contributed by atoms with Crippen LogP contribution in [-0.2, 0) is 0 Å². The molecule has 0 aliphatic rings. The predicted octanol–water partition coefficient (Wildman–Crippen LogP) is 5.09. The molecule has 0 aliphatic carbocycles. The summed E-state index contributed by atoms with van der Waals surface area (Å²) in [6.07, 6.45) is 2.72. The minimum absolute atomic E-state index is 0.211. The van der Waals surface area contributed by atoms with Gasteiger partial charge in [0.2, 0.25) is 0 Å². The van der Waals surface area contributed by atoms with Gasteiger partial charge in [-0.15, -0.1) is 11.3 Å². The first kappa shape index (κ1) is 19.8. The summed E-state index contributed by atoms with van der Waals surface area (Å²) >= 11 is 1.47. The van der Waals surface area contributed by atoms with E-state index in [1.165, 1.54) is 11.3 Å². The van der Waals surface area contributed by atoms with E-state index in [9.17, 15) is 10.1 Å². The van der Waals surface area contributed by atoms with E-state index in [1.54, 1.807) is 6.08 Å². The molecule has 1 N–H and O–H groups in total. The summed E-state index contributed by atoms with van der Waals surface area (Å²) in [6.45, 7) is 8.88. The van der Waals surface area contributed by atoms with Gasteiger partial charge in [-0.1, -0.05) is 26.0 Å². The molecule has 0 aliphatic heterocycles. The average molecular weight is 394 g/mol. The van der Waals surface area contributed by atoms with E-state index in [0.717, 1.165) is 28.2 Å². The van der Waals surface area contributed by atoms with Crippen molar-refractivity contribution in [3.8, 4) is 11.8 Å². The van der Waals surface area contributed by atoms with E-state index in [2.05, 4.69) is 29.9 Å². The summed E-state index contributed by atoms with van der Waals surface area (Å²) in [4.78, 5) is 21.4. The fraction of sp³-hybridized carbons (Fsp3) is 0.318. The van der Waals surface area contributed by atoms with Gasteiger partial charge in [-0.2, -0.15) is 5.26 Å². The molecule has 0 radical (unpaired) electrons. The SMILES string of the molecule is Cc1sc2nc(/C(C#N)=C/c3ccc(OCCC(C)C)cc3)[nH]c(=O)c2c1C. The molecule has 1 aromatic carbocycles. The van der Waals surface area contributed by atoms with E-state index in [4.69, 9.17) is 4.74 Å². The molecule has 0 spiro atoms. The molecule has 0 saturated carbocycles. The van der Waals surface area contributed by atoms with Gasteiger partial charge in [0.05, 0.1) is 17.6 Å². The van der Waals surface area contributed by atoms with E-state index >= 15 is 0 Å². The van der Waals surface area contributed by atoms with Crippen LogP contribution in [0.15, 0.2) is 29.1 Å². The zero-order valence-corrected chi connectivity index (χ0v) is 17.3. The molecule has 0 saturated heterocycles. The molecule has 0 amide bonds. The van der Waals surface area contributed by atoms with Gasteiger partial charge >= 0.3 is 0 Å². The topological polar surface area (TPSA) is 78.8 Å². The van der Waals surface area contributed by atoms with Crippen LogP contribution in [0.4, 0.5) is 0 Å². The van der Waals surface area contributed by atoms with Gasteiger partial charge in [-0.05, 0) is 55.5 Å². The molecule has 3 rings (SSSR count). The van der Waals surface area contributed by atoms with Crippen molar-refractivity contribution < 1.29 is 4.74 Å². The average Bonchev–Trinajstić information content (AvgIpc) is 2.95. The highest BCUT2D eigenvalue weighted by Gasteiger charge is 2.14. The van der Waals surface area contributed by atoms with Crippen LogP contribution in [0.3, 0.4) is 0 Å². The van der Waals surface area contributed by atoms with Crippen molar-refractivity contribution in [1.82, 2.24) is 9.97 Å². The Hall–Kier alpha value is -2.91. The number of aromatic amines is 1. The number of H-pyrrole nitrogens is 1. The Morgan fingerprint density at radius 1 is 1.32 bits per heavy atom. The number of thiophene rings is 1. The van der Waals surface area contributed by atoms with E-state index in [-0.39, 0.29) is 5.56 Å². The van der Waals surface area contributed by atoms with Crippen molar-refractivity contribution in [3.63, 3.8) is 0 Å². The van der Waals surface area contributed by atoms with Gasteiger partial charge in [-0.25, -0.2) is 4.98 Å². The van der Waals surface area contributed by atoms with E-state index < -0.39 is 0 Å². The first-order chi connectivity index (χ1) is 13.4. The van der Waals surface area contributed by atoms with Crippen LogP contribution in [0.2, 0.25) is 0 Å². The second-order valence-corrected chi connectivity index (χ2v) is 8.35. The number of nitrogens with one attached hydrogen (secondary N) is 1. The van der Waals surface area contributed by atoms with Crippen LogP contribution < -0.4 is 10.3 Å². The fourth-order valence-electron chi connectivity index (χ4n) is 2.78. The van der Waals surface area contributed by atoms with Crippen molar-refractivity contribution in [2.24, 2.45) is 5.92 Å². The Balaban J connectivity index is 1.87. The Morgan fingerprint density at radius 3 is 2.68 bits per heavy atom. The highest BCUT2D eigenvalue weighted by molar-refractivity contribution is 7.18. The van der Waals surface area contributed by atoms with Crippen LogP contribution in [0, 0.1) is 31.1 Å². The van der Waals surface area contributed by atoms with Crippen LogP contribution in [0.1, 0.15) is 42.1 Å². The summed E-state index contributed by atoms with van der Waals surface area (Å²) < 4.78 is 5.72. The monoisotopic (exact) mass is 393 g/mol. The maximum atomic E-state index is 12.5. The number of hydrogen-bond donors (Lipinski definition) is 1. The molecule has 2 heterocycles. The number of aromatic nitrogens is 2. The molecule has 0 fully saturated rings. The van der Waals surface area contributed by atoms with Crippen LogP contribution in [-0.4, -0.2) is 16.6 Å². The number of allylic oxidation sites excluding steroid dienone is 1. The lowest BCUT2D eigenvalue weighted by molar-refractivity contribution is 0.289. The highest BCUT2D eigenvalue weighted by atomic mass is 32.1. The Bertz CT molecular complexity index is 1120. The van der Waals surface area contributed by atoms with Crippen molar-refractivity contribution >= 4 is 33.2 Å². The largest absolute Gasteiger partial charge is 0.494 e. The number of nitrogens with zero attached hydrogens (tertiary/aromatic N) is 2. The third-order valence-corrected chi connectivity index (χ3v) is 5.67. The number of aryl methyl sites for hydroxylation is 2. The number of benzene rings is 1. The number of rotatable bonds is 6. The quantitative estimate of drug-likeness (QED) is 0.592. The molecule has 0 bridgehead atoms. The minimum Gasteiger partial charge on any atom is -0.494 e. The first-order valence-corrected chi connectivity index (χ1v) is 10.1. The van der Waals surface area contributed by atoms with Gasteiger partial charge in [0.25, 0.3) is 5.56 Å². The maximum absolute atomic E-state index is 12.5. The third-order valence-electron chi connectivity index (χ3n) is 4.57. The molecular weight excluding hydrogens is 370 g/mol. The molecule has 6 heteroatoms. The molecule has 28 heavy (non-hydrogen) atoms. The Labute approximate surface area is 168 Å². The lowest BCUT2D eigenvalue weighted by Crippen LogP contribution is -2.10. The summed E-state index contributed by atoms with van der Waals surface area (Å²) in [6, 6.07) is 9.68. The van der Waals surface area contributed by atoms with Gasteiger partial charge in [0.1, 0.15) is 16.6 Å². The second-order valence-electron chi connectivity index (χ2n) is 7.15. The number of fused-ring (bicyclic) bond motifs is 1. The van der Waals surface area contributed by atoms with Crippen molar-refractivity contribution in [3.05, 3.63) is 56.4 Å². The Morgan fingerprint density at radius 2 is 2.04 bits per heavy atom. The van der Waals surface area contributed by atoms with Gasteiger partial charge in [0.15, 0.2) is 5.82 Å². The highest BCUT2D eigenvalue weighted by Crippen LogP contribution is 2.27.